The minimum atomic E-state index is -0.648. The Balaban J connectivity index is 0. The second-order valence-corrected chi connectivity index (χ2v) is 2.24. The molecule has 0 heterocycles. The Bertz CT molecular complexity index is 33.9. The quantitative estimate of drug-likeness (QED) is 0.548. The van der Waals surface area contributed by atoms with E-state index in [1.54, 1.807) is 0 Å². The third-order valence-electron chi connectivity index (χ3n) is 0.365. The van der Waals surface area contributed by atoms with Crippen molar-refractivity contribution in [1.29, 1.82) is 0 Å². The first-order valence-corrected chi connectivity index (χ1v) is 2.48. The van der Waals surface area contributed by atoms with Gasteiger partial charge in [0.25, 0.3) is 0 Å². The average molecular weight is 146 g/mol. The van der Waals surface area contributed by atoms with Gasteiger partial charge in [-0.2, -0.15) is 0 Å². The molecular formula is C3H9Cl2NO. The minimum absolute atomic E-state index is 0. The van der Waals surface area contributed by atoms with E-state index in [-0.39, 0.29) is 6.15 Å². The van der Waals surface area contributed by atoms with Gasteiger partial charge in [0, 0.05) is 0 Å². The Morgan fingerprint density at radius 3 is 1.57 bits per heavy atom. The van der Waals surface area contributed by atoms with E-state index in [2.05, 4.69) is 0 Å². The number of aliphatic hydroxyl groups excluding tert-OH is 1. The molecule has 4 heteroatoms. The van der Waals surface area contributed by atoms with Crippen molar-refractivity contribution >= 4 is 23.2 Å². The molecule has 1 atom stereocenters. The zero-order valence-corrected chi connectivity index (χ0v) is 5.58. The number of hydrogen-bond donors (Lipinski definition) is 2. The zero-order chi connectivity index (χ0) is 5.15. The summed E-state index contributed by atoms with van der Waals surface area (Å²) < 4.78 is 0. The van der Waals surface area contributed by atoms with Crippen molar-refractivity contribution in [3.8, 4) is 0 Å². The summed E-state index contributed by atoms with van der Waals surface area (Å²) >= 11 is 10.3. The van der Waals surface area contributed by atoms with Gasteiger partial charge in [0.1, 0.15) is 4.84 Å². The maximum Gasteiger partial charge on any atom is 0.133 e. The fraction of sp³-hybridized carbons (Fsp3) is 1.00. The largest absolute Gasteiger partial charge is 0.391 e. The number of halogens is 2. The monoisotopic (exact) mass is 145 g/mol. The van der Waals surface area contributed by atoms with E-state index >= 15 is 0 Å². The summed E-state index contributed by atoms with van der Waals surface area (Å²) in [6.07, 6.45) is -0.617. The second-order valence-electron chi connectivity index (χ2n) is 1.08. The molecule has 0 aromatic heterocycles. The molecule has 0 fully saturated rings. The Morgan fingerprint density at radius 2 is 1.57 bits per heavy atom. The molecule has 4 N–H and O–H groups in total. The summed E-state index contributed by atoms with van der Waals surface area (Å²) in [7, 11) is 0. The van der Waals surface area contributed by atoms with Crippen LogP contribution in [0.25, 0.3) is 0 Å². The standard InChI is InChI=1S/C3H6Cl2O.H3N/c1-2(6)3(4)5;/h2-3,6H,1H3;1H3. The van der Waals surface area contributed by atoms with E-state index in [4.69, 9.17) is 28.3 Å². The van der Waals surface area contributed by atoms with Gasteiger partial charge in [-0.1, -0.05) is 0 Å². The highest BCUT2D eigenvalue weighted by Crippen LogP contribution is 2.05. The molecule has 0 aliphatic heterocycles. The van der Waals surface area contributed by atoms with Gasteiger partial charge in [0.2, 0.25) is 0 Å². The summed E-state index contributed by atoms with van der Waals surface area (Å²) in [5.74, 6) is 0. The van der Waals surface area contributed by atoms with Gasteiger partial charge in [0.05, 0.1) is 6.10 Å². The summed E-state index contributed by atoms with van der Waals surface area (Å²) in [5, 5.41) is 8.37. The fourth-order valence-electron chi connectivity index (χ4n) is 0. The topological polar surface area (TPSA) is 55.2 Å². The van der Waals surface area contributed by atoms with Crippen molar-refractivity contribution in [2.24, 2.45) is 0 Å². The lowest BCUT2D eigenvalue weighted by Gasteiger charge is -1.99. The molecule has 0 saturated carbocycles. The van der Waals surface area contributed by atoms with Gasteiger partial charge in [-0.05, 0) is 6.92 Å². The van der Waals surface area contributed by atoms with E-state index in [0.29, 0.717) is 0 Å². The van der Waals surface area contributed by atoms with E-state index in [0.717, 1.165) is 0 Å². The van der Waals surface area contributed by atoms with Crippen LogP contribution in [0.1, 0.15) is 6.92 Å². The Kier molecular flexibility index (Phi) is 6.96. The smallest absolute Gasteiger partial charge is 0.133 e. The van der Waals surface area contributed by atoms with E-state index < -0.39 is 10.9 Å². The SMILES string of the molecule is CC(O)C(Cl)Cl.N. The van der Waals surface area contributed by atoms with Crippen LogP contribution in [-0.4, -0.2) is 16.0 Å². The predicted octanol–water partition coefficient (Wildman–Crippen LogP) is 1.33. The molecule has 0 saturated heterocycles. The van der Waals surface area contributed by atoms with Crippen LogP contribution >= 0.6 is 23.2 Å². The van der Waals surface area contributed by atoms with E-state index in [9.17, 15) is 0 Å². The fourth-order valence-corrected chi connectivity index (χ4v) is 0. The molecule has 0 aromatic carbocycles. The van der Waals surface area contributed by atoms with Gasteiger partial charge < -0.3 is 11.3 Å². The highest BCUT2D eigenvalue weighted by molar-refractivity contribution is 6.44. The van der Waals surface area contributed by atoms with Crippen molar-refractivity contribution < 1.29 is 5.11 Å². The summed E-state index contributed by atoms with van der Waals surface area (Å²) in [5.41, 5.74) is 0. The van der Waals surface area contributed by atoms with Gasteiger partial charge in [-0.3, -0.25) is 0 Å². The molecular weight excluding hydrogens is 137 g/mol. The van der Waals surface area contributed by atoms with E-state index in [1.807, 2.05) is 0 Å². The Labute approximate surface area is 53.0 Å². The van der Waals surface area contributed by atoms with Crippen molar-refractivity contribution in [3.63, 3.8) is 0 Å². The third-order valence-corrected chi connectivity index (χ3v) is 1.09. The molecule has 2 nitrogen and oxygen atoms in total. The maximum atomic E-state index is 8.37. The Hall–Kier alpha value is 0.500. The predicted molar refractivity (Wildman–Crippen MR) is 32.2 cm³/mol. The summed E-state index contributed by atoms with van der Waals surface area (Å²) in [4.78, 5) is -0.648. The van der Waals surface area contributed by atoms with Gasteiger partial charge in [-0.15, -0.1) is 23.2 Å². The zero-order valence-electron chi connectivity index (χ0n) is 4.06. The number of aliphatic hydroxyl groups is 1. The van der Waals surface area contributed by atoms with Crippen molar-refractivity contribution in [1.82, 2.24) is 6.15 Å². The summed E-state index contributed by atoms with van der Waals surface area (Å²) in [6, 6.07) is 0. The lowest BCUT2D eigenvalue weighted by atomic mass is 10.5. The molecule has 0 spiro atoms. The van der Waals surface area contributed by atoms with Crippen LogP contribution in [0, 0.1) is 0 Å². The minimum Gasteiger partial charge on any atom is -0.391 e. The maximum absolute atomic E-state index is 8.37. The molecule has 0 bridgehead atoms. The molecule has 0 aromatic rings. The number of hydrogen-bond acceptors (Lipinski definition) is 2. The van der Waals surface area contributed by atoms with Crippen LogP contribution in [-0.2, 0) is 0 Å². The van der Waals surface area contributed by atoms with E-state index in [1.165, 1.54) is 6.92 Å². The first-order valence-electron chi connectivity index (χ1n) is 1.61. The van der Waals surface area contributed by atoms with Gasteiger partial charge in [0.15, 0.2) is 0 Å². The van der Waals surface area contributed by atoms with Crippen LogP contribution in [0.4, 0.5) is 0 Å². The van der Waals surface area contributed by atoms with Crippen molar-refractivity contribution in [2.75, 3.05) is 0 Å². The van der Waals surface area contributed by atoms with Crippen LogP contribution < -0.4 is 6.15 Å². The molecule has 0 aliphatic rings. The van der Waals surface area contributed by atoms with Crippen LogP contribution in [0.15, 0.2) is 0 Å². The highest BCUT2D eigenvalue weighted by atomic mass is 35.5. The number of rotatable bonds is 1. The lowest BCUT2D eigenvalue weighted by molar-refractivity contribution is 0.209. The third kappa shape index (κ3) is 6.50. The second kappa shape index (κ2) is 4.65. The average Bonchev–Trinajstić information content (AvgIpc) is 1.36. The Morgan fingerprint density at radius 1 is 1.43 bits per heavy atom. The first-order chi connectivity index (χ1) is 2.64. The molecule has 1 unspecified atom stereocenters. The van der Waals surface area contributed by atoms with Crippen molar-refractivity contribution in [3.05, 3.63) is 0 Å². The normalized spacial score (nSPS) is 13.3. The molecule has 0 radical (unpaired) electrons. The molecule has 46 valence electrons. The van der Waals surface area contributed by atoms with Crippen LogP contribution in [0.3, 0.4) is 0 Å². The van der Waals surface area contributed by atoms with Crippen LogP contribution in [0.2, 0.25) is 0 Å². The highest BCUT2D eigenvalue weighted by Gasteiger charge is 2.03. The first kappa shape index (κ1) is 10.5. The molecule has 0 aliphatic carbocycles. The lowest BCUT2D eigenvalue weighted by Crippen LogP contribution is -2.08. The molecule has 7 heavy (non-hydrogen) atoms. The van der Waals surface area contributed by atoms with Crippen LogP contribution in [0.5, 0.6) is 0 Å². The molecule has 0 rings (SSSR count). The summed E-state index contributed by atoms with van der Waals surface area (Å²) in [6.45, 7) is 1.53. The van der Waals surface area contributed by atoms with Gasteiger partial charge >= 0.3 is 0 Å². The molecule has 0 amide bonds. The van der Waals surface area contributed by atoms with Gasteiger partial charge in [-0.25, -0.2) is 0 Å². The number of alkyl halides is 2. The van der Waals surface area contributed by atoms with Crippen molar-refractivity contribution in [2.45, 2.75) is 17.9 Å².